The van der Waals surface area contributed by atoms with Crippen LogP contribution in [0.5, 0.6) is 11.5 Å². The molecule has 0 radical (unpaired) electrons. The molecule has 0 bridgehead atoms. The quantitative estimate of drug-likeness (QED) is 0.763. The molecule has 0 saturated heterocycles. The van der Waals surface area contributed by atoms with Gasteiger partial charge in [-0.2, -0.15) is 0 Å². The number of carbonyl (C=O) groups excluding carboxylic acids is 1. The van der Waals surface area contributed by atoms with Crippen molar-refractivity contribution in [3.8, 4) is 22.8 Å². The molecule has 6 heteroatoms. The van der Waals surface area contributed by atoms with Crippen LogP contribution in [0.3, 0.4) is 0 Å². The van der Waals surface area contributed by atoms with Gasteiger partial charge in [0.2, 0.25) is 5.91 Å². The molecule has 0 aliphatic rings. The van der Waals surface area contributed by atoms with Gasteiger partial charge >= 0.3 is 0 Å². The number of hydrogen-bond acceptors (Lipinski definition) is 5. The first-order valence-corrected chi connectivity index (χ1v) is 5.69. The van der Waals surface area contributed by atoms with E-state index in [0.717, 1.165) is 0 Å². The summed E-state index contributed by atoms with van der Waals surface area (Å²) in [4.78, 5) is 15.0. The van der Waals surface area contributed by atoms with Crippen LogP contribution in [-0.2, 0) is 4.79 Å². The molecule has 0 aliphatic carbocycles. The highest BCUT2D eigenvalue weighted by molar-refractivity contribution is 7.14. The highest BCUT2D eigenvalue weighted by atomic mass is 32.1. The van der Waals surface area contributed by atoms with E-state index in [1.54, 1.807) is 11.4 Å². The lowest BCUT2D eigenvalue weighted by Crippen LogP contribution is -2.04. The lowest BCUT2D eigenvalue weighted by atomic mass is 10.1. The zero-order valence-electron chi connectivity index (χ0n) is 8.97. The van der Waals surface area contributed by atoms with Crippen molar-refractivity contribution < 1.29 is 15.0 Å². The molecule has 0 atom stereocenters. The normalized spacial score (nSPS) is 10.2. The number of rotatable bonds is 2. The minimum absolute atomic E-state index is 0.0106. The zero-order valence-corrected chi connectivity index (χ0v) is 9.78. The molecule has 2 aromatic rings. The van der Waals surface area contributed by atoms with Crippen molar-refractivity contribution in [2.24, 2.45) is 0 Å². The first-order chi connectivity index (χ1) is 8.06. The summed E-state index contributed by atoms with van der Waals surface area (Å²) >= 11 is 1.27. The van der Waals surface area contributed by atoms with E-state index in [-0.39, 0.29) is 17.4 Å². The van der Waals surface area contributed by atoms with Gasteiger partial charge in [0.1, 0.15) is 11.5 Å². The third kappa shape index (κ3) is 2.54. The molecule has 1 heterocycles. The molecule has 3 N–H and O–H groups in total. The van der Waals surface area contributed by atoms with Gasteiger partial charge in [0.15, 0.2) is 5.13 Å². The number of phenolic OH excluding ortho intramolecular Hbond substituents is 2. The maximum absolute atomic E-state index is 10.8. The number of aromatic hydroxyl groups is 2. The zero-order chi connectivity index (χ0) is 12.4. The summed E-state index contributed by atoms with van der Waals surface area (Å²) in [6.45, 7) is 1.40. The Bertz CT molecular complexity index is 566. The van der Waals surface area contributed by atoms with Crippen LogP contribution in [0.2, 0.25) is 0 Å². The predicted octanol–water partition coefficient (Wildman–Crippen LogP) is 2.18. The topological polar surface area (TPSA) is 82.5 Å². The van der Waals surface area contributed by atoms with Crippen LogP contribution in [0.25, 0.3) is 11.3 Å². The van der Waals surface area contributed by atoms with E-state index in [2.05, 4.69) is 10.3 Å². The van der Waals surface area contributed by atoms with Crippen molar-refractivity contribution in [3.63, 3.8) is 0 Å². The first-order valence-electron chi connectivity index (χ1n) is 4.82. The second-order valence-electron chi connectivity index (χ2n) is 3.42. The van der Waals surface area contributed by atoms with Gasteiger partial charge in [0.05, 0.1) is 5.69 Å². The van der Waals surface area contributed by atoms with Gasteiger partial charge in [-0.15, -0.1) is 11.3 Å². The highest BCUT2D eigenvalue weighted by Gasteiger charge is 2.10. The van der Waals surface area contributed by atoms with Gasteiger partial charge in [0, 0.05) is 23.9 Å². The molecule has 0 aliphatic heterocycles. The third-order valence-corrected chi connectivity index (χ3v) is 2.80. The molecular formula is C11H10N2O3S. The van der Waals surface area contributed by atoms with E-state index >= 15 is 0 Å². The number of amides is 1. The number of hydrogen-bond donors (Lipinski definition) is 3. The summed E-state index contributed by atoms with van der Waals surface area (Å²) in [7, 11) is 0. The number of nitrogens with one attached hydrogen (secondary N) is 1. The summed E-state index contributed by atoms with van der Waals surface area (Å²) in [5.41, 5.74) is 1.06. The number of benzene rings is 1. The predicted molar refractivity (Wildman–Crippen MR) is 65.2 cm³/mol. The minimum atomic E-state index is -0.194. The number of phenols is 2. The van der Waals surface area contributed by atoms with Crippen molar-refractivity contribution >= 4 is 22.4 Å². The van der Waals surface area contributed by atoms with Crippen molar-refractivity contribution in [1.82, 2.24) is 4.98 Å². The Balaban J connectivity index is 2.33. The Hall–Kier alpha value is -2.08. The first kappa shape index (κ1) is 11.4. The molecular weight excluding hydrogens is 240 g/mol. The van der Waals surface area contributed by atoms with Crippen LogP contribution in [0.4, 0.5) is 5.13 Å². The molecule has 1 aromatic carbocycles. The maximum atomic E-state index is 10.8. The Morgan fingerprint density at radius 1 is 1.41 bits per heavy atom. The molecule has 0 saturated carbocycles. The molecule has 0 fully saturated rings. The fraction of sp³-hybridized carbons (Fsp3) is 0.0909. The Labute approximate surface area is 101 Å². The van der Waals surface area contributed by atoms with Crippen molar-refractivity contribution in [3.05, 3.63) is 23.6 Å². The van der Waals surface area contributed by atoms with E-state index < -0.39 is 0 Å². The average Bonchev–Trinajstić information content (AvgIpc) is 2.65. The summed E-state index contributed by atoms with van der Waals surface area (Å²) < 4.78 is 0. The number of aromatic nitrogens is 1. The van der Waals surface area contributed by atoms with Crippen molar-refractivity contribution in [1.29, 1.82) is 0 Å². The largest absolute Gasteiger partial charge is 0.508 e. The van der Waals surface area contributed by atoms with Crippen LogP contribution in [0.15, 0.2) is 23.6 Å². The highest BCUT2D eigenvalue weighted by Crippen LogP contribution is 2.33. The molecule has 5 nitrogen and oxygen atoms in total. The summed E-state index contributed by atoms with van der Waals surface area (Å²) in [5.74, 6) is -0.255. The molecule has 17 heavy (non-hydrogen) atoms. The lowest BCUT2D eigenvalue weighted by molar-refractivity contribution is -0.114. The molecule has 2 rings (SSSR count). The number of carbonyl (C=O) groups is 1. The minimum Gasteiger partial charge on any atom is -0.508 e. The molecule has 0 unspecified atom stereocenters. The van der Waals surface area contributed by atoms with Crippen molar-refractivity contribution in [2.45, 2.75) is 6.92 Å². The van der Waals surface area contributed by atoms with Gasteiger partial charge < -0.3 is 15.5 Å². The lowest BCUT2D eigenvalue weighted by Gasteiger charge is -2.01. The third-order valence-electron chi connectivity index (χ3n) is 2.04. The van der Waals surface area contributed by atoms with E-state index in [1.165, 1.54) is 30.4 Å². The van der Waals surface area contributed by atoms with E-state index in [9.17, 15) is 15.0 Å². The van der Waals surface area contributed by atoms with E-state index in [1.807, 2.05) is 0 Å². The monoisotopic (exact) mass is 250 g/mol. The summed E-state index contributed by atoms with van der Waals surface area (Å²) in [6, 6.07) is 4.27. The summed E-state index contributed by atoms with van der Waals surface area (Å²) in [5, 5.41) is 23.6. The summed E-state index contributed by atoms with van der Waals surface area (Å²) in [6.07, 6.45) is 0. The van der Waals surface area contributed by atoms with Gasteiger partial charge in [-0.05, 0) is 12.1 Å². The van der Waals surface area contributed by atoms with Crippen LogP contribution in [0.1, 0.15) is 6.92 Å². The van der Waals surface area contributed by atoms with Crippen LogP contribution in [0, 0.1) is 0 Å². The molecule has 1 aromatic heterocycles. The number of thiazole rings is 1. The molecule has 0 spiro atoms. The van der Waals surface area contributed by atoms with Crippen LogP contribution in [-0.4, -0.2) is 21.1 Å². The Morgan fingerprint density at radius 2 is 2.18 bits per heavy atom. The Morgan fingerprint density at radius 3 is 2.82 bits per heavy atom. The van der Waals surface area contributed by atoms with Gasteiger partial charge in [0.25, 0.3) is 0 Å². The van der Waals surface area contributed by atoms with E-state index in [4.69, 9.17) is 0 Å². The van der Waals surface area contributed by atoms with Gasteiger partial charge in [-0.25, -0.2) is 4.98 Å². The second kappa shape index (κ2) is 4.42. The van der Waals surface area contributed by atoms with Gasteiger partial charge in [-0.1, -0.05) is 0 Å². The average molecular weight is 250 g/mol. The fourth-order valence-electron chi connectivity index (χ4n) is 1.34. The SMILES string of the molecule is CC(=O)Nc1nc(-c2ccc(O)cc2O)cs1. The van der Waals surface area contributed by atoms with Crippen molar-refractivity contribution in [2.75, 3.05) is 5.32 Å². The molecule has 1 amide bonds. The van der Waals surface area contributed by atoms with E-state index in [0.29, 0.717) is 16.4 Å². The molecule has 88 valence electrons. The second-order valence-corrected chi connectivity index (χ2v) is 4.28. The maximum Gasteiger partial charge on any atom is 0.223 e. The number of anilines is 1. The smallest absolute Gasteiger partial charge is 0.223 e. The standard InChI is InChI=1S/C11H10N2O3S/c1-6(14)12-11-13-9(5-17-11)8-3-2-7(15)4-10(8)16/h2-5,15-16H,1H3,(H,12,13,14). The van der Waals surface area contributed by atoms with Gasteiger partial charge in [-0.3, -0.25) is 4.79 Å². The van der Waals surface area contributed by atoms with Crippen LogP contribution < -0.4 is 5.32 Å². The van der Waals surface area contributed by atoms with Crippen LogP contribution >= 0.6 is 11.3 Å². The Kier molecular flexibility index (Phi) is 2.97. The number of nitrogens with zero attached hydrogens (tertiary/aromatic N) is 1. The fourth-order valence-corrected chi connectivity index (χ4v) is 2.10.